The molecule has 0 amide bonds. The van der Waals surface area contributed by atoms with E-state index in [0.29, 0.717) is 6.10 Å². The van der Waals surface area contributed by atoms with Crippen LogP contribution in [0.1, 0.15) is 16.9 Å². The summed E-state index contributed by atoms with van der Waals surface area (Å²) in [6.45, 7) is 0. The smallest absolute Gasteiger partial charge is 0.356 e. The van der Waals surface area contributed by atoms with Crippen molar-refractivity contribution in [3.05, 3.63) is 36.0 Å². The Kier molecular flexibility index (Phi) is 3.88. The van der Waals surface area contributed by atoms with E-state index >= 15 is 0 Å². The summed E-state index contributed by atoms with van der Waals surface area (Å²) in [6.07, 6.45) is 1.40. The lowest BCUT2D eigenvalue weighted by Gasteiger charge is -2.12. The number of aromatic nitrogens is 2. The topological polar surface area (TPSA) is 64.4 Å². The molecule has 2 heterocycles. The van der Waals surface area contributed by atoms with Crippen molar-refractivity contribution in [1.82, 2.24) is 9.78 Å². The van der Waals surface area contributed by atoms with Gasteiger partial charge in [0.25, 0.3) is 0 Å². The molecular weight excluding hydrogens is 288 g/mol. The molecule has 0 radical (unpaired) electrons. The van der Waals surface area contributed by atoms with Crippen LogP contribution in [-0.4, -0.2) is 38.5 Å². The summed E-state index contributed by atoms with van der Waals surface area (Å²) in [5, 5.41) is 13.0. The predicted molar refractivity (Wildman–Crippen MR) is 82.0 cm³/mol. The van der Waals surface area contributed by atoms with Crippen molar-refractivity contribution in [1.29, 1.82) is 0 Å². The SMILES string of the molecule is Cn1nc(C(=O)O)cc1-c1ccc(OC2CCSC2)cc1. The first-order valence-electron chi connectivity index (χ1n) is 6.75. The summed E-state index contributed by atoms with van der Waals surface area (Å²) in [7, 11) is 1.74. The number of aryl methyl sites for hydroxylation is 1. The van der Waals surface area contributed by atoms with E-state index in [-0.39, 0.29) is 5.69 Å². The first kappa shape index (κ1) is 14.0. The number of carboxylic acids is 1. The van der Waals surface area contributed by atoms with E-state index in [1.807, 2.05) is 36.0 Å². The molecule has 1 aliphatic rings. The van der Waals surface area contributed by atoms with Crippen molar-refractivity contribution >= 4 is 17.7 Å². The number of carbonyl (C=O) groups is 1. The molecule has 1 N–H and O–H groups in total. The fourth-order valence-corrected chi connectivity index (χ4v) is 3.44. The Morgan fingerprint density at radius 3 is 2.76 bits per heavy atom. The third-order valence-electron chi connectivity index (χ3n) is 3.44. The van der Waals surface area contributed by atoms with Gasteiger partial charge in [0.15, 0.2) is 5.69 Å². The van der Waals surface area contributed by atoms with Gasteiger partial charge in [0.05, 0.1) is 5.69 Å². The summed E-state index contributed by atoms with van der Waals surface area (Å²) in [5.41, 5.74) is 1.75. The normalized spacial score (nSPS) is 17.9. The Hall–Kier alpha value is -1.95. The van der Waals surface area contributed by atoms with Gasteiger partial charge in [-0.3, -0.25) is 4.68 Å². The van der Waals surface area contributed by atoms with Crippen LogP contribution in [0.5, 0.6) is 5.75 Å². The Morgan fingerprint density at radius 1 is 1.43 bits per heavy atom. The van der Waals surface area contributed by atoms with Gasteiger partial charge < -0.3 is 9.84 Å². The van der Waals surface area contributed by atoms with Crippen molar-refractivity contribution in [3.8, 4) is 17.0 Å². The highest BCUT2D eigenvalue weighted by Gasteiger charge is 2.17. The van der Waals surface area contributed by atoms with Gasteiger partial charge >= 0.3 is 5.97 Å². The van der Waals surface area contributed by atoms with Gasteiger partial charge in [-0.15, -0.1) is 0 Å². The lowest BCUT2D eigenvalue weighted by molar-refractivity contribution is 0.0689. The fraction of sp³-hybridized carbons (Fsp3) is 0.333. The Balaban J connectivity index is 1.78. The van der Waals surface area contributed by atoms with Gasteiger partial charge in [0.1, 0.15) is 11.9 Å². The third kappa shape index (κ3) is 3.05. The van der Waals surface area contributed by atoms with E-state index in [1.165, 1.54) is 0 Å². The number of rotatable bonds is 4. The molecule has 1 aromatic heterocycles. The molecule has 0 bridgehead atoms. The number of ether oxygens (including phenoxy) is 1. The second-order valence-corrected chi connectivity index (χ2v) is 6.12. The average molecular weight is 304 g/mol. The maximum Gasteiger partial charge on any atom is 0.356 e. The Labute approximate surface area is 126 Å². The molecule has 0 saturated carbocycles. The molecular formula is C15H16N2O3S. The van der Waals surface area contributed by atoms with Crippen LogP contribution in [0.3, 0.4) is 0 Å². The van der Waals surface area contributed by atoms with Crippen LogP contribution < -0.4 is 4.74 Å². The fourth-order valence-electron chi connectivity index (χ4n) is 2.34. The van der Waals surface area contributed by atoms with Crippen molar-refractivity contribution in [2.24, 2.45) is 7.05 Å². The van der Waals surface area contributed by atoms with Crippen LogP contribution in [0.25, 0.3) is 11.3 Å². The standard InChI is InChI=1S/C15H16N2O3S/c1-17-14(8-13(16-17)15(18)19)10-2-4-11(5-3-10)20-12-6-7-21-9-12/h2-5,8,12H,6-7,9H2,1H3,(H,18,19). The molecule has 21 heavy (non-hydrogen) atoms. The highest BCUT2D eigenvalue weighted by atomic mass is 32.2. The Bertz CT molecular complexity index is 645. The summed E-state index contributed by atoms with van der Waals surface area (Å²) >= 11 is 1.92. The summed E-state index contributed by atoms with van der Waals surface area (Å²) < 4.78 is 7.48. The van der Waals surface area contributed by atoms with Crippen LogP contribution >= 0.6 is 11.8 Å². The largest absolute Gasteiger partial charge is 0.490 e. The maximum absolute atomic E-state index is 10.9. The van der Waals surface area contributed by atoms with Gasteiger partial charge in [0.2, 0.25) is 0 Å². The second kappa shape index (κ2) is 5.81. The number of aromatic carboxylic acids is 1. The molecule has 3 rings (SSSR count). The lowest BCUT2D eigenvalue weighted by atomic mass is 10.1. The second-order valence-electron chi connectivity index (χ2n) is 4.97. The van der Waals surface area contributed by atoms with Crippen LogP contribution in [-0.2, 0) is 7.05 Å². The number of thioether (sulfide) groups is 1. The number of hydrogen-bond acceptors (Lipinski definition) is 4. The molecule has 6 heteroatoms. The molecule has 1 atom stereocenters. The number of benzene rings is 1. The van der Waals surface area contributed by atoms with Crippen molar-refractivity contribution < 1.29 is 14.6 Å². The number of carboxylic acid groups (broad SMARTS) is 1. The summed E-state index contributed by atoms with van der Waals surface area (Å²) in [5.74, 6) is 2.05. The monoisotopic (exact) mass is 304 g/mol. The van der Waals surface area contributed by atoms with Gasteiger partial charge in [0, 0.05) is 18.4 Å². The molecule has 110 valence electrons. The van der Waals surface area contributed by atoms with E-state index in [4.69, 9.17) is 9.84 Å². The Morgan fingerprint density at radius 2 is 2.19 bits per heavy atom. The molecule has 1 aromatic carbocycles. The van der Waals surface area contributed by atoms with Gasteiger partial charge in [-0.25, -0.2) is 4.79 Å². The first-order valence-corrected chi connectivity index (χ1v) is 7.91. The maximum atomic E-state index is 10.9. The molecule has 2 aromatic rings. The molecule has 5 nitrogen and oxygen atoms in total. The van der Waals surface area contributed by atoms with Gasteiger partial charge in [-0.05, 0) is 42.5 Å². The van der Waals surface area contributed by atoms with Crippen molar-refractivity contribution in [2.75, 3.05) is 11.5 Å². The minimum Gasteiger partial charge on any atom is -0.490 e. The van der Waals surface area contributed by atoms with E-state index < -0.39 is 5.97 Å². The molecule has 0 spiro atoms. The highest BCUT2D eigenvalue weighted by Crippen LogP contribution is 2.26. The van der Waals surface area contributed by atoms with Gasteiger partial charge in [-0.1, -0.05) is 0 Å². The minimum atomic E-state index is -1.02. The molecule has 0 aliphatic carbocycles. The third-order valence-corrected chi connectivity index (χ3v) is 4.57. The van der Waals surface area contributed by atoms with Crippen LogP contribution in [0, 0.1) is 0 Å². The predicted octanol–water partition coefficient (Wildman–Crippen LogP) is 2.67. The minimum absolute atomic E-state index is 0.0517. The first-order chi connectivity index (χ1) is 10.1. The van der Waals surface area contributed by atoms with Gasteiger partial charge in [-0.2, -0.15) is 16.9 Å². The van der Waals surface area contributed by atoms with E-state index in [0.717, 1.165) is 34.9 Å². The van der Waals surface area contributed by atoms with Crippen LogP contribution in [0.15, 0.2) is 30.3 Å². The van der Waals surface area contributed by atoms with E-state index in [1.54, 1.807) is 17.8 Å². The number of nitrogens with zero attached hydrogens (tertiary/aromatic N) is 2. The van der Waals surface area contributed by atoms with E-state index in [2.05, 4.69) is 5.10 Å². The zero-order valence-corrected chi connectivity index (χ0v) is 12.5. The molecule has 1 unspecified atom stereocenters. The highest BCUT2D eigenvalue weighted by molar-refractivity contribution is 7.99. The summed E-state index contributed by atoms with van der Waals surface area (Å²) in [6, 6.07) is 9.28. The zero-order chi connectivity index (χ0) is 14.8. The lowest BCUT2D eigenvalue weighted by Crippen LogP contribution is -2.14. The summed E-state index contributed by atoms with van der Waals surface area (Å²) in [4.78, 5) is 10.9. The molecule has 1 aliphatic heterocycles. The quantitative estimate of drug-likeness (QED) is 0.941. The zero-order valence-electron chi connectivity index (χ0n) is 11.7. The average Bonchev–Trinajstić information content (AvgIpc) is 3.09. The van der Waals surface area contributed by atoms with Crippen LogP contribution in [0.4, 0.5) is 0 Å². The van der Waals surface area contributed by atoms with Crippen molar-refractivity contribution in [2.45, 2.75) is 12.5 Å². The van der Waals surface area contributed by atoms with Crippen LogP contribution in [0.2, 0.25) is 0 Å². The molecule has 1 saturated heterocycles. The molecule has 1 fully saturated rings. The van der Waals surface area contributed by atoms with Crippen molar-refractivity contribution in [3.63, 3.8) is 0 Å². The van der Waals surface area contributed by atoms with E-state index in [9.17, 15) is 4.79 Å². The number of hydrogen-bond donors (Lipinski definition) is 1.